The highest BCUT2D eigenvalue weighted by Gasteiger charge is 2.36. The Kier molecular flexibility index (Phi) is 5.67. The van der Waals surface area contributed by atoms with Crippen molar-refractivity contribution in [3.8, 4) is 11.6 Å². The maximum Gasteiger partial charge on any atom is 0.326 e. The highest BCUT2D eigenvalue weighted by Crippen LogP contribution is 2.30. The minimum absolute atomic E-state index is 0.0923. The molecule has 0 bridgehead atoms. The first-order valence-corrected chi connectivity index (χ1v) is 10.3. The SMILES string of the molecule is COc1ccc(OC2CCN(c3nc4c(cc3C)C(=O)N(C(C)C(=O)O)C4)CC2)cn1. The Bertz CT molecular complexity index is 986. The number of nitrogens with zero attached hydrogens (tertiary/aromatic N) is 4. The lowest BCUT2D eigenvalue weighted by Crippen LogP contribution is -2.39. The second-order valence-electron chi connectivity index (χ2n) is 7.91. The Morgan fingerprint density at radius 1 is 1.29 bits per heavy atom. The van der Waals surface area contributed by atoms with Gasteiger partial charge < -0.3 is 24.4 Å². The zero-order valence-electron chi connectivity index (χ0n) is 17.9. The highest BCUT2D eigenvalue weighted by molar-refractivity contribution is 6.00. The number of rotatable bonds is 6. The van der Waals surface area contributed by atoms with E-state index in [4.69, 9.17) is 14.5 Å². The van der Waals surface area contributed by atoms with Crippen LogP contribution in [0, 0.1) is 6.92 Å². The Labute approximate surface area is 180 Å². The summed E-state index contributed by atoms with van der Waals surface area (Å²) in [5, 5.41) is 9.26. The van der Waals surface area contributed by atoms with Gasteiger partial charge in [-0.1, -0.05) is 0 Å². The van der Waals surface area contributed by atoms with Crippen molar-refractivity contribution in [1.29, 1.82) is 0 Å². The number of aromatic nitrogens is 2. The maximum atomic E-state index is 12.6. The molecule has 2 aromatic rings. The Morgan fingerprint density at radius 2 is 2.03 bits per heavy atom. The van der Waals surface area contributed by atoms with Crippen LogP contribution in [0.25, 0.3) is 0 Å². The fourth-order valence-corrected chi connectivity index (χ4v) is 4.04. The fourth-order valence-electron chi connectivity index (χ4n) is 4.04. The summed E-state index contributed by atoms with van der Waals surface area (Å²) in [6.07, 6.45) is 3.43. The number of anilines is 1. The number of carbonyl (C=O) groups is 2. The minimum atomic E-state index is -1.02. The van der Waals surface area contributed by atoms with E-state index in [0.29, 0.717) is 17.1 Å². The van der Waals surface area contributed by atoms with Gasteiger partial charge in [-0.15, -0.1) is 0 Å². The molecule has 31 heavy (non-hydrogen) atoms. The van der Waals surface area contributed by atoms with Crippen LogP contribution in [0.5, 0.6) is 11.6 Å². The van der Waals surface area contributed by atoms with E-state index in [1.165, 1.54) is 11.8 Å². The third-order valence-electron chi connectivity index (χ3n) is 5.86. The summed E-state index contributed by atoms with van der Waals surface area (Å²) in [6, 6.07) is 4.58. The smallest absolute Gasteiger partial charge is 0.326 e. The lowest BCUT2D eigenvalue weighted by molar-refractivity contribution is -0.141. The number of carboxylic acids is 1. The maximum absolute atomic E-state index is 12.6. The minimum Gasteiger partial charge on any atom is -0.489 e. The average molecular weight is 426 g/mol. The van der Waals surface area contributed by atoms with Crippen LogP contribution in [0.3, 0.4) is 0 Å². The van der Waals surface area contributed by atoms with Crippen molar-refractivity contribution >= 4 is 17.7 Å². The van der Waals surface area contributed by atoms with Crippen LogP contribution in [0.1, 0.15) is 41.4 Å². The van der Waals surface area contributed by atoms with E-state index in [0.717, 1.165) is 43.1 Å². The largest absolute Gasteiger partial charge is 0.489 e. The molecule has 9 heteroatoms. The number of hydrogen-bond donors (Lipinski definition) is 1. The molecule has 1 fully saturated rings. The van der Waals surface area contributed by atoms with Crippen LogP contribution >= 0.6 is 0 Å². The number of ether oxygens (including phenoxy) is 2. The van der Waals surface area contributed by atoms with Crippen LogP contribution in [-0.2, 0) is 11.3 Å². The summed E-state index contributed by atoms with van der Waals surface area (Å²) in [7, 11) is 1.58. The average Bonchev–Trinajstić information content (AvgIpc) is 3.09. The monoisotopic (exact) mass is 426 g/mol. The number of pyridine rings is 2. The van der Waals surface area contributed by atoms with Crippen LogP contribution in [0.2, 0.25) is 0 Å². The van der Waals surface area contributed by atoms with Gasteiger partial charge in [0.2, 0.25) is 5.88 Å². The van der Waals surface area contributed by atoms with Gasteiger partial charge in [-0.2, -0.15) is 0 Å². The van der Waals surface area contributed by atoms with Crippen LogP contribution in [0.4, 0.5) is 5.82 Å². The molecule has 1 saturated heterocycles. The molecule has 1 amide bonds. The third-order valence-corrected chi connectivity index (χ3v) is 5.86. The molecule has 0 spiro atoms. The van der Waals surface area contributed by atoms with E-state index in [-0.39, 0.29) is 18.6 Å². The fraction of sp³-hybridized carbons (Fsp3) is 0.455. The van der Waals surface area contributed by atoms with Crippen LogP contribution < -0.4 is 14.4 Å². The van der Waals surface area contributed by atoms with Crippen LogP contribution in [0.15, 0.2) is 24.4 Å². The van der Waals surface area contributed by atoms with Gasteiger partial charge in [0.25, 0.3) is 5.91 Å². The van der Waals surface area contributed by atoms with Crippen molar-refractivity contribution in [2.45, 2.75) is 45.4 Å². The van der Waals surface area contributed by atoms with Gasteiger partial charge in [-0.3, -0.25) is 4.79 Å². The molecule has 4 rings (SSSR count). The molecule has 1 unspecified atom stereocenters. The number of amides is 1. The first kappa shape index (κ1) is 20.9. The van der Waals surface area contributed by atoms with Gasteiger partial charge >= 0.3 is 5.97 Å². The van der Waals surface area contributed by atoms with E-state index < -0.39 is 12.0 Å². The van der Waals surface area contributed by atoms with Gasteiger partial charge in [0.15, 0.2) is 0 Å². The number of piperidine rings is 1. The zero-order chi connectivity index (χ0) is 22.1. The zero-order valence-corrected chi connectivity index (χ0v) is 17.9. The van der Waals surface area contributed by atoms with E-state index in [2.05, 4.69) is 9.88 Å². The van der Waals surface area contributed by atoms with Crippen molar-refractivity contribution < 1.29 is 24.2 Å². The summed E-state index contributed by atoms with van der Waals surface area (Å²) in [5.74, 6) is 0.827. The topological polar surface area (TPSA) is 105 Å². The Hall–Kier alpha value is -3.36. The van der Waals surface area contributed by atoms with Gasteiger partial charge in [0.1, 0.15) is 23.7 Å². The molecule has 4 heterocycles. The van der Waals surface area contributed by atoms with Crippen LogP contribution in [-0.4, -0.2) is 64.2 Å². The molecule has 2 aliphatic rings. The number of fused-ring (bicyclic) bond motifs is 1. The summed E-state index contributed by atoms with van der Waals surface area (Å²) in [5.41, 5.74) is 2.05. The van der Waals surface area contributed by atoms with Crippen molar-refractivity contribution in [1.82, 2.24) is 14.9 Å². The van der Waals surface area contributed by atoms with Crippen molar-refractivity contribution in [2.75, 3.05) is 25.1 Å². The molecule has 1 N–H and O–H groups in total. The summed E-state index contributed by atoms with van der Waals surface area (Å²) in [6.45, 7) is 5.24. The number of aliphatic carboxylic acids is 1. The second-order valence-corrected chi connectivity index (χ2v) is 7.91. The molecule has 0 radical (unpaired) electrons. The molecule has 0 aromatic carbocycles. The Morgan fingerprint density at radius 3 is 2.65 bits per heavy atom. The van der Waals surface area contributed by atoms with E-state index in [1.807, 2.05) is 19.1 Å². The van der Waals surface area contributed by atoms with Crippen molar-refractivity contribution in [3.63, 3.8) is 0 Å². The van der Waals surface area contributed by atoms with Gasteiger partial charge in [0.05, 0.1) is 31.1 Å². The van der Waals surface area contributed by atoms with Gasteiger partial charge in [0, 0.05) is 32.0 Å². The highest BCUT2D eigenvalue weighted by atomic mass is 16.5. The Balaban J connectivity index is 1.42. The first-order chi connectivity index (χ1) is 14.9. The van der Waals surface area contributed by atoms with Gasteiger partial charge in [-0.25, -0.2) is 14.8 Å². The van der Waals surface area contributed by atoms with E-state index >= 15 is 0 Å². The normalized spacial score (nSPS) is 17.5. The number of aryl methyl sites for hydroxylation is 1. The predicted molar refractivity (Wildman–Crippen MR) is 113 cm³/mol. The number of hydrogen-bond acceptors (Lipinski definition) is 7. The molecule has 0 aliphatic carbocycles. The molecular weight excluding hydrogens is 400 g/mol. The lowest BCUT2D eigenvalue weighted by atomic mass is 10.1. The van der Waals surface area contributed by atoms with Crippen molar-refractivity contribution in [2.24, 2.45) is 0 Å². The molecule has 164 valence electrons. The molecule has 2 aliphatic heterocycles. The lowest BCUT2D eigenvalue weighted by Gasteiger charge is -2.33. The van der Waals surface area contributed by atoms with E-state index in [9.17, 15) is 14.7 Å². The third kappa shape index (κ3) is 4.12. The van der Waals surface area contributed by atoms with Gasteiger partial charge in [-0.05, 0) is 31.5 Å². The molecule has 9 nitrogen and oxygen atoms in total. The molecule has 2 aromatic heterocycles. The first-order valence-electron chi connectivity index (χ1n) is 10.3. The molecular formula is C22H26N4O5. The summed E-state index contributed by atoms with van der Waals surface area (Å²) < 4.78 is 11.1. The number of carbonyl (C=O) groups excluding carboxylic acids is 1. The molecule has 0 saturated carbocycles. The number of methoxy groups -OCH3 is 1. The standard InChI is InChI=1S/C22H26N4O5/c1-13-10-17-18(12-26(21(17)27)14(2)22(28)29)24-20(13)25-8-6-15(7-9-25)31-16-4-5-19(30-3)23-11-16/h4-5,10-11,14-15H,6-9,12H2,1-3H3,(H,28,29). The molecule has 1 atom stereocenters. The second kappa shape index (κ2) is 8.41. The number of carboxylic acid groups (broad SMARTS) is 1. The summed E-state index contributed by atoms with van der Waals surface area (Å²) in [4.78, 5) is 36.4. The summed E-state index contributed by atoms with van der Waals surface area (Å²) >= 11 is 0. The van der Waals surface area contributed by atoms with Crippen molar-refractivity contribution in [3.05, 3.63) is 41.2 Å². The predicted octanol–water partition coefficient (Wildman–Crippen LogP) is 2.27. The van der Waals surface area contributed by atoms with E-state index in [1.54, 1.807) is 19.4 Å². The quantitative estimate of drug-likeness (QED) is 0.750.